The van der Waals surface area contributed by atoms with Crippen molar-refractivity contribution in [3.05, 3.63) is 29.8 Å². The van der Waals surface area contributed by atoms with E-state index in [-0.39, 0.29) is 5.09 Å². The lowest BCUT2D eigenvalue weighted by Gasteiger charge is -2.03. The van der Waals surface area contributed by atoms with Crippen LogP contribution in [0.1, 0.15) is 19.4 Å². The molecule has 0 N–H and O–H groups in total. The SMILES string of the molecule is CC(C)Cc1c(S(=O)(=O)Cl)oc2ccccc12. The summed E-state index contributed by atoms with van der Waals surface area (Å²) in [4.78, 5) is 0. The molecule has 17 heavy (non-hydrogen) atoms. The van der Waals surface area contributed by atoms with Crippen molar-refractivity contribution < 1.29 is 12.8 Å². The minimum absolute atomic E-state index is 0.117. The van der Waals surface area contributed by atoms with Gasteiger partial charge in [0.15, 0.2) is 0 Å². The van der Waals surface area contributed by atoms with Crippen LogP contribution in [-0.2, 0) is 15.5 Å². The zero-order chi connectivity index (χ0) is 12.6. The summed E-state index contributed by atoms with van der Waals surface area (Å²) in [6.45, 7) is 4.04. The largest absolute Gasteiger partial charge is 0.443 e. The summed E-state index contributed by atoms with van der Waals surface area (Å²) in [5, 5.41) is 0.703. The lowest BCUT2D eigenvalue weighted by Crippen LogP contribution is -1.99. The van der Waals surface area contributed by atoms with Crippen LogP contribution < -0.4 is 0 Å². The minimum atomic E-state index is -3.84. The first-order chi connectivity index (χ1) is 7.89. The van der Waals surface area contributed by atoms with Gasteiger partial charge in [0.05, 0.1) is 0 Å². The average Bonchev–Trinajstić information content (AvgIpc) is 2.56. The monoisotopic (exact) mass is 272 g/mol. The standard InChI is InChI=1S/C12H13ClO3S/c1-8(2)7-10-9-5-3-4-6-11(9)16-12(10)17(13,14)15/h3-6,8H,7H2,1-2H3. The molecule has 92 valence electrons. The van der Waals surface area contributed by atoms with E-state index >= 15 is 0 Å². The van der Waals surface area contributed by atoms with Crippen LogP contribution in [0.2, 0.25) is 0 Å². The first-order valence-electron chi connectivity index (χ1n) is 5.34. The summed E-state index contributed by atoms with van der Waals surface area (Å²) in [5.74, 6) is 0.327. The molecule has 0 spiro atoms. The van der Waals surface area contributed by atoms with Crippen molar-refractivity contribution in [1.82, 2.24) is 0 Å². The Labute approximate surface area is 105 Å². The summed E-state index contributed by atoms with van der Waals surface area (Å²) in [6, 6.07) is 7.24. The number of benzene rings is 1. The molecule has 0 aliphatic heterocycles. The van der Waals surface area contributed by atoms with E-state index in [2.05, 4.69) is 0 Å². The first kappa shape index (κ1) is 12.5. The fourth-order valence-corrected chi connectivity index (χ4v) is 2.93. The van der Waals surface area contributed by atoms with Crippen molar-refractivity contribution in [2.24, 2.45) is 5.92 Å². The van der Waals surface area contributed by atoms with Crippen LogP contribution >= 0.6 is 10.7 Å². The zero-order valence-electron chi connectivity index (χ0n) is 9.60. The summed E-state index contributed by atoms with van der Waals surface area (Å²) < 4.78 is 28.3. The van der Waals surface area contributed by atoms with Crippen LogP contribution in [-0.4, -0.2) is 8.42 Å². The highest BCUT2D eigenvalue weighted by Crippen LogP contribution is 2.32. The molecule has 0 saturated carbocycles. The fourth-order valence-electron chi connectivity index (χ4n) is 1.87. The van der Waals surface area contributed by atoms with Gasteiger partial charge in [-0.3, -0.25) is 0 Å². The van der Waals surface area contributed by atoms with Crippen molar-refractivity contribution >= 4 is 30.7 Å². The van der Waals surface area contributed by atoms with Gasteiger partial charge in [0.25, 0.3) is 9.05 Å². The lowest BCUT2D eigenvalue weighted by atomic mass is 10.0. The number of hydrogen-bond acceptors (Lipinski definition) is 3. The van der Waals surface area contributed by atoms with Gasteiger partial charge in [-0.25, -0.2) is 8.42 Å². The Hall–Kier alpha value is -1.00. The van der Waals surface area contributed by atoms with E-state index in [4.69, 9.17) is 15.1 Å². The molecule has 5 heteroatoms. The Kier molecular flexibility index (Phi) is 3.19. The molecule has 2 aromatic rings. The van der Waals surface area contributed by atoms with Crippen molar-refractivity contribution in [1.29, 1.82) is 0 Å². The van der Waals surface area contributed by atoms with Crippen molar-refractivity contribution in [3.8, 4) is 0 Å². The molecule has 2 rings (SSSR count). The second-order valence-corrected chi connectivity index (χ2v) is 6.87. The molecule has 1 heterocycles. The predicted molar refractivity (Wildman–Crippen MR) is 67.8 cm³/mol. The number of fused-ring (bicyclic) bond motifs is 1. The maximum atomic E-state index is 11.5. The second kappa shape index (κ2) is 4.35. The van der Waals surface area contributed by atoms with Crippen molar-refractivity contribution in [2.45, 2.75) is 25.4 Å². The Bertz CT molecular complexity index is 641. The second-order valence-electron chi connectivity index (χ2n) is 4.40. The van der Waals surface area contributed by atoms with Gasteiger partial charge in [-0.2, -0.15) is 0 Å². The lowest BCUT2D eigenvalue weighted by molar-refractivity contribution is 0.474. The molecule has 1 aromatic heterocycles. The third kappa shape index (κ3) is 2.48. The molecule has 0 fully saturated rings. The average molecular weight is 273 g/mol. The number of para-hydroxylation sites is 1. The molecule has 1 aromatic carbocycles. The normalized spacial score (nSPS) is 12.5. The molecule has 0 atom stereocenters. The van der Waals surface area contributed by atoms with Crippen LogP contribution in [0.15, 0.2) is 33.8 Å². The van der Waals surface area contributed by atoms with Crippen LogP contribution in [0.3, 0.4) is 0 Å². The van der Waals surface area contributed by atoms with E-state index in [1.807, 2.05) is 26.0 Å². The number of rotatable bonds is 3. The zero-order valence-corrected chi connectivity index (χ0v) is 11.2. The first-order valence-corrected chi connectivity index (χ1v) is 7.65. The van der Waals surface area contributed by atoms with E-state index in [1.165, 1.54) is 0 Å². The van der Waals surface area contributed by atoms with Crippen LogP contribution in [0.5, 0.6) is 0 Å². The molecule has 0 saturated heterocycles. The highest BCUT2D eigenvalue weighted by atomic mass is 35.7. The smallest absolute Gasteiger partial charge is 0.294 e. The molecule has 0 unspecified atom stereocenters. The number of hydrogen-bond donors (Lipinski definition) is 0. The van der Waals surface area contributed by atoms with Crippen molar-refractivity contribution in [2.75, 3.05) is 0 Å². The van der Waals surface area contributed by atoms with Crippen LogP contribution in [0.25, 0.3) is 11.0 Å². The van der Waals surface area contributed by atoms with Crippen LogP contribution in [0.4, 0.5) is 0 Å². The van der Waals surface area contributed by atoms with Gasteiger partial charge >= 0.3 is 0 Å². The van der Waals surface area contributed by atoms with Gasteiger partial charge in [0, 0.05) is 21.6 Å². The van der Waals surface area contributed by atoms with E-state index in [9.17, 15) is 8.42 Å². The maximum Gasteiger partial charge on any atom is 0.294 e. The summed E-state index contributed by atoms with van der Waals surface area (Å²) in [5.41, 5.74) is 1.23. The van der Waals surface area contributed by atoms with E-state index in [1.54, 1.807) is 12.1 Å². The van der Waals surface area contributed by atoms with Gasteiger partial charge < -0.3 is 4.42 Å². The third-order valence-corrected chi connectivity index (χ3v) is 3.69. The van der Waals surface area contributed by atoms with Gasteiger partial charge in [0.2, 0.25) is 5.09 Å². The fraction of sp³-hybridized carbons (Fsp3) is 0.333. The maximum absolute atomic E-state index is 11.5. The summed E-state index contributed by atoms with van der Waals surface area (Å²) >= 11 is 0. The molecule has 0 aliphatic carbocycles. The molecular weight excluding hydrogens is 260 g/mol. The highest BCUT2D eigenvalue weighted by molar-refractivity contribution is 8.13. The Balaban J connectivity index is 2.74. The third-order valence-electron chi connectivity index (χ3n) is 2.50. The predicted octanol–water partition coefficient (Wildman–Crippen LogP) is 3.56. The Morgan fingerprint density at radius 1 is 1.29 bits per heavy atom. The number of halogens is 1. The molecule has 0 radical (unpaired) electrons. The van der Waals surface area contributed by atoms with E-state index in [0.717, 1.165) is 5.39 Å². The van der Waals surface area contributed by atoms with Gasteiger partial charge in [-0.05, 0) is 18.4 Å². The molecular formula is C12H13ClO3S. The van der Waals surface area contributed by atoms with Gasteiger partial charge in [0.1, 0.15) is 5.58 Å². The molecule has 0 amide bonds. The van der Waals surface area contributed by atoms with E-state index in [0.29, 0.717) is 23.5 Å². The quantitative estimate of drug-likeness (QED) is 0.803. The minimum Gasteiger partial charge on any atom is -0.443 e. The van der Waals surface area contributed by atoms with Crippen molar-refractivity contribution in [3.63, 3.8) is 0 Å². The van der Waals surface area contributed by atoms with Gasteiger partial charge in [-0.15, -0.1) is 0 Å². The van der Waals surface area contributed by atoms with Crippen LogP contribution in [0, 0.1) is 5.92 Å². The number of furan rings is 1. The molecule has 0 bridgehead atoms. The molecule has 0 aliphatic rings. The van der Waals surface area contributed by atoms with E-state index < -0.39 is 9.05 Å². The Morgan fingerprint density at radius 2 is 1.94 bits per heavy atom. The topological polar surface area (TPSA) is 47.3 Å². The molecule has 3 nitrogen and oxygen atoms in total. The Morgan fingerprint density at radius 3 is 2.53 bits per heavy atom. The van der Waals surface area contributed by atoms with Gasteiger partial charge in [-0.1, -0.05) is 32.0 Å². The highest BCUT2D eigenvalue weighted by Gasteiger charge is 2.24. The summed E-state index contributed by atoms with van der Waals surface area (Å²) in [6.07, 6.45) is 0.623. The summed E-state index contributed by atoms with van der Waals surface area (Å²) in [7, 11) is 1.56.